The van der Waals surface area contributed by atoms with Crippen molar-refractivity contribution in [3.8, 4) is 5.75 Å². The number of carbonyl (C=O) groups is 1. The summed E-state index contributed by atoms with van der Waals surface area (Å²) in [4.78, 5) is 10.5. The predicted octanol–water partition coefficient (Wildman–Crippen LogP) is 2.10. The molecule has 0 spiro atoms. The second-order valence-electron chi connectivity index (χ2n) is 3.97. The van der Waals surface area contributed by atoms with Crippen LogP contribution in [0.25, 0.3) is 0 Å². The van der Waals surface area contributed by atoms with Crippen LogP contribution in [-0.2, 0) is 11.2 Å². The van der Waals surface area contributed by atoms with Crippen LogP contribution < -0.4 is 4.74 Å². The summed E-state index contributed by atoms with van der Waals surface area (Å²) in [5.74, 6) is 0.683. The zero-order valence-electron chi connectivity index (χ0n) is 8.48. The number of benzene rings is 1. The van der Waals surface area contributed by atoms with Crippen LogP contribution in [0.2, 0.25) is 0 Å². The van der Waals surface area contributed by atoms with Gasteiger partial charge in [0.1, 0.15) is 5.75 Å². The molecule has 0 saturated heterocycles. The summed E-state index contributed by atoms with van der Waals surface area (Å²) in [5, 5.41) is 8.65. The largest absolute Gasteiger partial charge is 0.493 e. The van der Waals surface area contributed by atoms with Crippen molar-refractivity contribution in [3.63, 3.8) is 0 Å². The third-order valence-electron chi connectivity index (χ3n) is 2.44. The van der Waals surface area contributed by atoms with E-state index >= 15 is 0 Å². The molecule has 1 aromatic carbocycles. The number of carboxylic acid groups (broad SMARTS) is 1. The molecule has 2 rings (SSSR count). The summed E-state index contributed by atoms with van der Waals surface area (Å²) in [6.45, 7) is 0.760. The zero-order chi connectivity index (χ0) is 10.7. The maximum atomic E-state index is 10.5. The fraction of sp³-hybridized carbons (Fsp3) is 0.417. The van der Waals surface area contributed by atoms with E-state index < -0.39 is 5.97 Å². The Labute approximate surface area is 88.7 Å². The van der Waals surface area contributed by atoms with Crippen molar-refractivity contribution >= 4 is 5.97 Å². The van der Waals surface area contributed by atoms with Gasteiger partial charge in [0.2, 0.25) is 0 Å². The molecule has 0 aliphatic heterocycles. The molecule has 1 fully saturated rings. The minimum absolute atomic E-state index is 0.0562. The van der Waals surface area contributed by atoms with Crippen molar-refractivity contribution < 1.29 is 14.6 Å². The smallest absolute Gasteiger partial charge is 0.307 e. The van der Waals surface area contributed by atoms with E-state index in [1.165, 1.54) is 12.8 Å². The van der Waals surface area contributed by atoms with Crippen molar-refractivity contribution in [2.45, 2.75) is 19.3 Å². The third kappa shape index (κ3) is 3.27. The van der Waals surface area contributed by atoms with Crippen LogP contribution in [-0.4, -0.2) is 17.7 Å². The van der Waals surface area contributed by atoms with Crippen LogP contribution in [0.4, 0.5) is 0 Å². The number of ether oxygens (including phenoxy) is 1. The number of aliphatic carboxylic acids is 1. The molecule has 3 nitrogen and oxygen atoms in total. The standard InChI is InChI=1S/C12H14O3/c13-12(14)7-10-2-1-3-11(6-10)15-8-9-4-5-9/h1-3,6,9H,4-5,7-8H2,(H,13,14). The van der Waals surface area contributed by atoms with Crippen LogP contribution in [0.5, 0.6) is 5.75 Å². The van der Waals surface area contributed by atoms with E-state index in [1.54, 1.807) is 12.1 Å². The Morgan fingerprint density at radius 1 is 1.47 bits per heavy atom. The van der Waals surface area contributed by atoms with Gasteiger partial charge >= 0.3 is 5.97 Å². The van der Waals surface area contributed by atoms with Gasteiger partial charge in [-0.3, -0.25) is 4.79 Å². The summed E-state index contributed by atoms with van der Waals surface area (Å²) < 4.78 is 5.56. The lowest BCUT2D eigenvalue weighted by Gasteiger charge is -2.06. The van der Waals surface area contributed by atoms with Gasteiger partial charge in [-0.25, -0.2) is 0 Å². The van der Waals surface area contributed by atoms with Gasteiger partial charge in [-0.15, -0.1) is 0 Å². The van der Waals surface area contributed by atoms with Gasteiger partial charge in [0.05, 0.1) is 13.0 Å². The topological polar surface area (TPSA) is 46.5 Å². The second kappa shape index (κ2) is 4.34. The maximum Gasteiger partial charge on any atom is 0.307 e. The minimum atomic E-state index is -0.811. The summed E-state index contributed by atoms with van der Waals surface area (Å²) >= 11 is 0. The quantitative estimate of drug-likeness (QED) is 0.802. The van der Waals surface area contributed by atoms with Crippen LogP contribution >= 0.6 is 0 Å². The summed E-state index contributed by atoms with van der Waals surface area (Å²) in [5.41, 5.74) is 0.788. The molecule has 15 heavy (non-hydrogen) atoms. The molecule has 1 saturated carbocycles. The molecule has 1 aliphatic rings. The average molecular weight is 206 g/mol. The molecule has 3 heteroatoms. The lowest BCUT2D eigenvalue weighted by Crippen LogP contribution is -2.02. The summed E-state index contributed by atoms with van der Waals surface area (Å²) in [7, 11) is 0. The SMILES string of the molecule is O=C(O)Cc1cccc(OCC2CC2)c1. The zero-order valence-corrected chi connectivity index (χ0v) is 8.48. The summed E-state index contributed by atoms with van der Waals surface area (Å²) in [6, 6.07) is 7.31. The maximum absolute atomic E-state index is 10.5. The number of hydrogen-bond acceptors (Lipinski definition) is 2. The molecule has 1 N–H and O–H groups in total. The van der Waals surface area contributed by atoms with Crippen LogP contribution in [0.3, 0.4) is 0 Å². The van der Waals surface area contributed by atoms with Crippen LogP contribution in [0.15, 0.2) is 24.3 Å². The monoisotopic (exact) mass is 206 g/mol. The molecular weight excluding hydrogens is 192 g/mol. The van der Waals surface area contributed by atoms with Crippen molar-refractivity contribution in [1.82, 2.24) is 0 Å². The first-order valence-electron chi connectivity index (χ1n) is 5.17. The van der Waals surface area contributed by atoms with Crippen molar-refractivity contribution in [2.24, 2.45) is 5.92 Å². The van der Waals surface area contributed by atoms with Crippen LogP contribution in [0.1, 0.15) is 18.4 Å². The molecule has 0 bridgehead atoms. The molecule has 0 unspecified atom stereocenters. The van der Waals surface area contributed by atoms with Gasteiger partial charge in [-0.1, -0.05) is 12.1 Å². The fourth-order valence-corrected chi connectivity index (χ4v) is 1.42. The normalized spacial score (nSPS) is 14.9. The Hall–Kier alpha value is -1.51. The van der Waals surface area contributed by atoms with Gasteiger partial charge in [0, 0.05) is 0 Å². The first-order chi connectivity index (χ1) is 7.24. The van der Waals surface area contributed by atoms with E-state index in [4.69, 9.17) is 9.84 Å². The lowest BCUT2D eigenvalue weighted by molar-refractivity contribution is -0.136. The minimum Gasteiger partial charge on any atom is -0.493 e. The molecule has 0 heterocycles. The Kier molecular flexibility index (Phi) is 2.90. The second-order valence-corrected chi connectivity index (χ2v) is 3.97. The Morgan fingerprint density at radius 2 is 2.27 bits per heavy atom. The summed E-state index contributed by atoms with van der Waals surface area (Å²) in [6.07, 6.45) is 2.57. The first kappa shape index (κ1) is 10.0. The first-order valence-corrected chi connectivity index (χ1v) is 5.17. The van der Waals surface area contributed by atoms with Crippen molar-refractivity contribution in [3.05, 3.63) is 29.8 Å². The van der Waals surface area contributed by atoms with Gasteiger partial charge in [0.15, 0.2) is 0 Å². The number of hydrogen-bond donors (Lipinski definition) is 1. The number of carboxylic acids is 1. The van der Waals surface area contributed by atoms with Crippen molar-refractivity contribution in [2.75, 3.05) is 6.61 Å². The molecule has 0 radical (unpaired) electrons. The molecule has 0 aromatic heterocycles. The highest BCUT2D eigenvalue weighted by molar-refractivity contribution is 5.70. The molecule has 0 atom stereocenters. The predicted molar refractivity (Wildman–Crippen MR) is 56.0 cm³/mol. The average Bonchev–Trinajstić information content (AvgIpc) is 2.97. The fourth-order valence-electron chi connectivity index (χ4n) is 1.42. The van der Waals surface area contributed by atoms with E-state index in [-0.39, 0.29) is 6.42 Å². The number of rotatable bonds is 5. The highest BCUT2D eigenvalue weighted by atomic mass is 16.5. The highest BCUT2D eigenvalue weighted by Gasteiger charge is 2.21. The van der Waals surface area contributed by atoms with Crippen molar-refractivity contribution in [1.29, 1.82) is 0 Å². The van der Waals surface area contributed by atoms with E-state index in [1.807, 2.05) is 12.1 Å². The molecule has 1 aliphatic carbocycles. The van der Waals surface area contributed by atoms with Gasteiger partial charge < -0.3 is 9.84 Å². The van der Waals surface area contributed by atoms with Gasteiger partial charge in [-0.2, -0.15) is 0 Å². The van der Waals surface area contributed by atoms with E-state index in [0.717, 1.165) is 17.9 Å². The van der Waals surface area contributed by atoms with E-state index in [0.29, 0.717) is 5.92 Å². The highest BCUT2D eigenvalue weighted by Crippen LogP contribution is 2.29. The molecular formula is C12H14O3. The molecule has 0 amide bonds. The van der Waals surface area contributed by atoms with Gasteiger partial charge in [-0.05, 0) is 36.5 Å². The van der Waals surface area contributed by atoms with E-state index in [2.05, 4.69) is 0 Å². The lowest BCUT2D eigenvalue weighted by atomic mass is 10.1. The third-order valence-corrected chi connectivity index (χ3v) is 2.44. The Balaban J connectivity index is 1.94. The molecule has 80 valence electrons. The van der Waals surface area contributed by atoms with E-state index in [9.17, 15) is 4.79 Å². The van der Waals surface area contributed by atoms with Crippen LogP contribution in [0, 0.1) is 5.92 Å². The Bertz CT molecular complexity index is 356. The Morgan fingerprint density at radius 3 is 2.93 bits per heavy atom. The van der Waals surface area contributed by atoms with Gasteiger partial charge in [0.25, 0.3) is 0 Å². The molecule has 1 aromatic rings.